The molecule has 0 saturated heterocycles. The fourth-order valence-corrected chi connectivity index (χ4v) is 3.25. The zero-order valence-corrected chi connectivity index (χ0v) is 11.9. The summed E-state index contributed by atoms with van der Waals surface area (Å²) in [5, 5.41) is 4.94. The van der Waals surface area contributed by atoms with Crippen molar-refractivity contribution in [3.8, 4) is 0 Å². The van der Waals surface area contributed by atoms with Crippen LogP contribution in [0.15, 0.2) is 36.5 Å². The lowest BCUT2D eigenvalue weighted by Crippen LogP contribution is -2.38. The zero-order chi connectivity index (χ0) is 13.8. The number of benzene rings is 1. The van der Waals surface area contributed by atoms with Crippen molar-refractivity contribution in [1.82, 2.24) is 10.3 Å². The number of para-hydroxylation sites is 1. The summed E-state index contributed by atoms with van der Waals surface area (Å²) >= 11 is 0. The summed E-state index contributed by atoms with van der Waals surface area (Å²) in [6.45, 7) is 0.617. The number of rotatable bonds is 4. The van der Waals surface area contributed by atoms with Crippen molar-refractivity contribution in [3.05, 3.63) is 42.1 Å². The number of fused-ring (bicyclic) bond motifs is 1. The Morgan fingerprint density at radius 2 is 1.95 bits per heavy atom. The molecule has 1 aromatic heterocycles. The van der Waals surface area contributed by atoms with Crippen LogP contribution in [0.4, 0.5) is 0 Å². The van der Waals surface area contributed by atoms with Crippen molar-refractivity contribution in [2.75, 3.05) is 6.54 Å². The summed E-state index contributed by atoms with van der Waals surface area (Å²) in [4.78, 5) is 4.55. The highest BCUT2D eigenvalue weighted by Gasteiger charge is 2.19. The van der Waals surface area contributed by atoms with Crippen molar-refractivity contribution in [3.63, 3.8) is 0 Å². The minimum absolute atomic E-state index is 0.205. The largest absolute Gasteiger partial charge is 0.329 e. The topological polar surface area (TPSA) is 50.9 Å². The number of nitrogens with zero attached hydrogens (tertiary/aromatic N) is 1. The normalized spacial score (nSPS) is 18.2. The molecule has 0 spiro atoms. The van der Waals surface area contributed by atoms with Crippen molar-refractivity contribution in [2.24, 2.45) is 5.73 Å². The zero-order valence-electron chi connectivity index (χ0n) is 11.9. The fraction of sp³-hybridized carbons (Fsp3) is 0.471. The van der Waals surface area contributed by atoms with Crippen molar-refractivity contribution < 1.29 is 0 Å². The maximum atomic E-state index is 6.02. The second-order valence-electron chi connectivity index (χ2n) is 5.71. The van der Waals surface area contributed by atoms with Crippen molar-refractivity contribution in [2.45, 2.75) is 44.2 Å². The minimum Gasteiger partial charge on any atom is -0.329 e. The first-order valence-electron chi connectivity index (χ1n) is 7.68. The van der Waals surface area contributed by atoms with E-state index < -0.39 is 0 Å². The molecule has 3 rings (SSSR count). The molecule has 1 atom stereocenters. The predicted molar refractivity (Wildman–Crippen MR) is 83.5 cm³/mol. The molecule has 20 heavy (non-hydrogen) atoms. The highest BCUT2D eigenvalue weighted by atomic mass is 15.0. The Labute approximate surface area is 120 Å². The van der Waals surface area contributed by atoms with Crippen molar-refractivity contribution >= 4 is 10.9 Å². The van der Waals surface area contributed by atoms with Gasteiger partial charge in [-0.05, 0) is 24.5 Å². The van der Waals surface area contributed by atoms with Crippen LogP contribution in [0, 0.1) is 0 Å². The van der Waals surface area contributed by atoms with Crippen LogP contribution in [-0.2, 0) is 0 Å². The summed E-state index contributed by atoms with van der Waals surface area (Å²) < 4.78 is 0. The lowest BCUT2D eigenvalue weighted by molar-refractivity contribution is 0.341. The van der Waals surface area contributed by atoms with Crippen LogP contribution in [0.25, 0.3) is 10.9 Å². The number of nitrogens with two attached hydrogens (primary N) is 1. The van der Waals surface area contributed by atoms with E-state index in [4.69, 9.17) is 5.73 Å². The molecule has 1 aliphatic carbocycles. The van der Waals surface area contributed by atoms with Gasteiger partial charge in [-0.2, -0.15) is 0 Å². The maximum absolute atomic E-state index is 6.02. The van der Waals surface area contributed by atoms with Crippen LogP contribution in [-0.4, -0.2) is 17.6 Å². The maximum Gasteiger partial charge on any atom is 0.0750 e. The average Bonchev–Trinajstić information content (AvgIpc) is 2.53. The Morgan fingerprint density at radius 3 is 2.75 bits per heavy atom. The second-order valence-corrected chi connectivity index (χ2v) is 5.71. The molecule has 2 aromatic rings. The second kappa shape index (κ2) is 6.33. The van der Waals surface area contributed by atoms with E-state index in [1.807, 2.05) is 12.3 Å². The van der Waals surface area contributed by atoms with Gasteiger partial charge in [0.2, 0.25) is 0 Å². The van der Waals surface area contributed by atoms with Gasteiger partial charge in [-0.15, -0.1) is 0 Å². The van der Waals surface area contributed by atoms with E-state index in [1.54, 1.807) is 0 Å². The molecule has 3 heteroatoms. The molecule has 3 nitrogen and oxygen atoms in total. The van der Waals surface area contributed by atoms with Gasteiger partial charge in [0, 0.05) is 30.2 Å². The summed E-state index contributed by atoms with van der Waals surface area (Å²) in [6.07, 6.45) is 8.45. The average molecular weight is 269 g/mol. The number of aromatic nitrogens is 1. The quantitative estimate of drug-likeness (QED) is 0.896. The molecule has 1 unspecified atom stereocenters. The monoisotopic (exact) mass is 269 g/mol. The molecule has 1 saturated carbocycles. The highest BCUT2D eigenvalue weighted by Crippen LogP contribution is 2.25. The summed E-state index contributed by atoms with van der Waals surface area (Å²) in [7, 11) is 0. The molecule has 1 aliphatic rings. The van der Waals surface area contributed by atoms with Crippen LogP contribution in [0.1, 0.15) is 43.7 Å². The molecule has 0 aliphatic heterocycles. The molecule has 106 valence electrons. The van der Waals surface area contributed by atoms with E-state index in [0.717, 1.165) is 5.52 Å². The standard InChI is InChI=1S/C17H23N3/c18-12-16(20-14-8-2-1-3-9-14)15-10-4-6-13-7-5-11-19-17(13)15/h4-7,10-11,14,16,20H,1-3,8-9,12,18H2. The van der Waals surface area contributed by atoms with Gasteiger partial charge in [0.05, 0.1) is 5.52 Å². The van der Waals surface area contributed by atoms with Gasteiger partial charge >= 0.3 is 0 Å². The number of nitrogens with one attached hydrogen (secondary N) is 1. The highest BCUT2D eigenvalue weighted by molar-refractivity contribution is 5.82. The fourth-order valence-electron chi connectivity index (χ4n) is 3.25. The van der Waals surface area contributed by atoms with Gasteiger partial charge in [-0.1, -0.05) is 43.5 Å². The van der Waals surface area contributed by atoms with E-state index in [0.29, 0.717) is 12.6 Å². The number of pyridine rings is 1. The molecule has 1 aromatic carbocycles. The van der Waals surface area contributed by atoms with E-state index in [2.05, 4.69) is 34.6 Å². The summed E-state index contributed by atoms with van der Waals surface area (Å²) in [5.41, 5.74) is 8.33. The van der Waals surface area contributed by atoms with Crippen LogP contribution < -0.4 is 11.1 Å². The van der Waals surface area contributed by atoms with Crippen molar-refractivity contribution in [1.29, 1.82) is 0 Å². The predicted octanol–water partition coefficient (Wildman–Crippen LogP) is 3.16. The van der Waals surface area contributed by atoms with E-state index >= 15 is 0 Å². The first-order valence-corrected chi connectivity index (χ1v) is 7.68. The van der Waals surface area contributed by atoms with E-state index in [9.17, 15) is 0 Å². The Bertz CT molecular complexity index is 556. The van der Waals surface area contributed by atoms with Gasteiger partial charge < -0.3 is 11.1 Å². The van der Waals surface area contributed by atoms with Gasteiger partial charge in [0.25, 0.3) is 0 Å². The van der Waals surface area contributed by atoms with E-state index in [1.165, 1.54) is 43.1 Å². The molecule has 0 radical (unpaired) electrons. The third-order valence-electron chi connectivity index (χ3n) is 4.32. The van der Waals surface area contributed by atoms with Crippen LogP contribution in [0.3, 0.4) is 0 Å². The summed E-state index contributed by atoms with van der Waals surface area (Å²) in [6, 6.07) is 11.3. The SMILES string of the molecule is NCC(NC1CCCCC1)c1cccc2cccnc12. The van der Waals surface area contributed by atoms with Gasteiger partial charge in [-0.25, -0.2) is 0 Å². The Balaban J connectivity index is 1.86. The molecular formula is C17H23N3. The van der Waals surface area contributed by atoms with Crippen LogP contribution >= 0.6 is 0 Å². The van der Waals surface area contributed by atoms with Gasteiger partial charge in [0.15, 0.2) is 0 Å². The molecule has 3 N–H and O–H groups in total. The molecule has 1 heterocycles. The van der Waals surface area contributed by atoms with Crippen LogP contribution in [0.2, 0.25) is 0 Å². The smallest absolute Gasteiger partial charge is 0.0750 e. The Morgan fingerprint density at radius 1 is 1.15 bits per heavy atom. The third kappa shape index (κ3) is 2.84. The van der Waals surface area contributed by atoms with Gasteiger partial charge in [-0.3, -0.25) is 4.98 Å². The molecule has 0 bridgehead atoms. The van der Waals surface area contributed by atoms with Crippen LogP contribution in [0.5, 0.6) is 0 Å². The molecule has 1 fully saturated rings. The van der Waals surface area contributed by atoms with Gasteiger partial charge in [0.1, 0.15) is 0 Å². The third-order valence-corrected chi connectivity index (χ3v) is 4.32. The molecule has 0 amide bonds. The lowest BCUT2D eigenvalue weighted by Gasteiger charge is -2.28. The minimum atomic E-state index is 0.205. The lowest BCUT2D eigenvalue weighted by atomic mass is 9.93. The molecular weight excluding hydrogens is 246 g/mol. The number of hydrogen-bond acceptors (Lipinski definition) is 3. The number of hydrogen-bond donors (Lipinski definition) is 2. The Hall–Kier alpha value is -1.45. The van der Waals surface area contributed by atoms with E-state index in [-0.39, 0.29) is 6.04 Å². The summed E-state index contributed by atoms with van der Waals surface area (Å²) in [5.74, 6) is 0. The first kappa shape index (κ1) is 13.5. The Kier molecular flexibility index (Phi) is 4.28. The first-order chi connectivity index (χ1) is 9.88.